The fraction of sp³-hybridized carbons (Fsp3) is 0.429. The van der Waals surface area contributed by atoms with Gasteiger partial charge in [-0.1, -0.05) is 23.2 Å². The van der Waals surface area contributed by atoms with Gasteiger partial charge in [-0.25, -0.2) is 4.98 Å². The maximum absolute atomic E-state index is 6.05. The Morgan fingerprint density at radius 3 is 2.55 bits per heavy atom. The molecule has 2 aromatic rings. The molecule has 1 aliphatic heterocycles. The summed E-state index contributed by atoms with van der Waals surface area (Å²) in [6.45, 7) is 4.14. The summed E-state index contributed by atoms with van der Waals surface area (Å²) in [6, 6.07) is 3.53. The Labute approximate surface area is 128 Å². The third-order valence-electron chi connectivity index (χ3n) is 3.62. The summed E-state index contributed by atoms with van der Waals surface area (Å²) >= 11 is 12.0. The van der Waals surface area contributed by atoms with Crippen molar-refractivity contribution in [1.82, 2.24) is 14.9 Å². The molecule has 1 aliphatic rings. The molecular weight excluding hydrogens is 295 g/mol. The quantitative estimate of drug-likeness (QED) is 0.810. The van der Waals surface area contributed by atoms with Crippen LogP contribution in [0.1, 0.15) is 6.42 Å². The second kappa shape index (κ2) is 5.72. The molecule has 0 aliphatic carbocycles. The summed E-state index contributed by atoms with van der Waals surface area (Å²) in [6.07, 6.45) is 2.95. The van der Waals surface area contributed by atoms with Crippen molar-refractivity contribution < 1.29 is 0 Å². The number of fused-ring (bicyclic) bond motifs is 1. The third kappa shape index (κ3) is 2.82. The van der Waals surface area contributed by atoms with Crippen LogP contribution in [0, 0.1) is 0 Å². The van der Waals surface area contributed by atoms with Crippen molar-refractivity contribution in [3.8, 4) is 0 Å². The summed E-state index contributed by atoms with van der Waals surface area (Å²) in [7, 11) is 2.15. The van der Waals surface area contributed by atoms with E-state index in [2.05, 4.69) is 26.8 Å². The maximum Gasteiger partial charge on any atom is 0.147 e. The minimum Gasteiger partial charge on any atom is -0.354 e. The average molecular weight is 311 g/mol. The van der Waals surface area contributed by atoms with Crippen LogP contribution >= 0.6 is 23.2 Å². The van der Waals surface area contributed by atoms with Gasteiger partial charge in [0.25, 0.3) is 0 Å². The first-order valence-electron chi connectivity index (χ1n) is 6.69. The zero-order valence-electron chi connectivity index (χ0n) is 11.3. The van der Waals surface area contributed by atoms with Crippen molar-refractivity contribution in [1.29, 1.82) is 0 Å². The lowest BCUT2D eigenvalue weighted by Crippen LogP contribution is -2.29. The molecule has 0 unspecified atom stereocenters. The van der Waals surface area contributed by atoms with Crippen LogP contribution in [-0.2, 0) is 0 Å². The highest BCUT2D eigenvalue weighted by atomic mass is 35.5. The smallest absolute Gasteiger partial charge is 0.147 e. The third-order valence-corrected chi connectivity index (χ3v) is 4.34. The van der Waals surface area contributed by atoms with Crippen molar-refractivity contribution in [2.24, 2.45) is 0 Å². The minimum atomic E-state index is 0.512. The van der Waals surface area contributed by atoms with E-state index < -0.39 is 0 Å². The van der Waals surface area contributed by atoms with Gasteiger partial charge in [0.2, 0.25) is 0 Å². The second-order valence-corrected chi connectivity index (χ2v) is 5.94. The molecule has 4 nitrogen and oxygen atoms in total. The molecule has 0 spiro atoms. The van der Waals surface area contributed by atoms with Gasteiger partial charge >= 0.3 is 0 Å². The monoisotopic (exact) mass is 310 g/mol. The Hall–Kier alpha value is -1.10. The SMILES string of the molecule is CN1CCCN(c2cnc3cc(Cl)c(Cl)cc3n2)CC1. The van der Waals surface area contributed by atoms with Gasteiger partial charge in [0.15, 0.2) is 0 Å². The van der Waals surface area contributed by atoms with Crippen LogP contribution in [0.4, 0.5) is 5.82 Å². The van der Waals surface area contributed by atoms with Crippen LogP contribution in [0.5, 0.6) is 0 Å². The fourth-order valence-electron chi connectivity index (χ4n) is 2.43. The molecule has 0 radical (unpaired) electrons. The highest BCUT2D eigenvalue weighted by Crippen LogP contribution is 2.27. The Balaban J connectivity index is 1.94. The van der Waals surface area contributed by atoms with E-state index in [1.807, 2.05) is 6.20 Å². The molecule has 0 N–H and O–H groups in total. The van der Waals surface area contributed by atoms with E-state index in [-0.39, 0.29) is 0 Å². The fourth-order valence-corrected chi connectivity index (χ4v) is 2.74. The first-order chi connectivity index (χ1) is 9.63. The second-order valence-electron chi connectivity index (χ2n) is 5.13. The molecular formula is C14H16Cl2N4. The summed E-state index contributed by atoms with van der Waals surface area (Å²) < 4.78 is 0. The molecule has 0 bridgehead atoms. The number of hydrogen-bond donors (Lipinski definition) is 0. The molecule has 1 aromatic heterocycles. The number of hydrogen-bond acceptors (Lipinski definition) is 4. The van der Waals surface area contributed by atoms with Crippen LogP contribution < -0.4 is 4.90 Å². The predicted molar refractivity (Wildman–Crippen MR) is 83.9 cm³/mol. The topological polar surface area (TPSA) is 32.3 Å². The van der Waals surface area contributed by atoms with Crippen LogP contribution in [0.25, 0.3) is 11.0 Å². The normalized spacial score (nSPS) is 17.4. The van der Waals surface area contributed by atoms with E-state index in [0.717, 1.165) is 49.5 Å². The zero-order valence-corrected chi connectivity index (χ0v) is 12.8. The van der Waals surface area contributed by atoms with Crippen molar-refractivity contribution in [3.05, 3.63) is 28.4 Å². The van der Waals surface area contributed by atoms with Crippen molar-refractivity contribution >= 4 is 40.1 Å². The Kier molecular flexibility index (Phi) is 3.96. The zero-order chi connectivity index (χ0) is 14.1. The summed E-state index contributed by atoms with van der Waals surface area (Å²) in [4.78, 5) is 13.7. The highest BCUT2D eigenvalue weighted by molar-refractivity contribution is 6.42. The summed E-state index contributed by atoms with van der Waals surface area (Å²) in [5, 5.41) is 1.03. The minimum absolute atomic E-state index is 0.512. The van der Waals surface area contributed by atoms with E-state index in [9.17, 15) is 0 Å². The summed E-state index contributed by atoms with van der Waals surface area (Å²) in [5.74, 6) is 0.909. The molecule has 20 heavy (non-hydrogen) atoms. The van der Waals surface area contributed by atoms with E-state index in [4.69, 9.17) is 23.2 Å². The highest BCUT2D eigenvalue weighted by Gasteiger charge is 2.14. The van der Waals surface area contributed by atoms with Crippen LogP contribution in [0.2, 0.25) is 10.0 Å². The van der Waals surface area contributed by atoms with Crippen molar-refractivity contribution in [3.63, 3.8) is 0 Å². The van der Waals surface area contributed by atoms with E-state index >= 15 is 0 Å². The van der Waals surface area contributed by atoms with Crippen LogP contribution in [-0.4, -0.2) is 48.1 Å². The lowest BCUT2D eigenvalue weighted by Gasteiger charge is -2.21. The number of halogens is 2. The number of anilines is 1. The standard InChI is InChI=1S/C14H16Cl2N4/c1-19-3-2-4-20(6-5-19)14-9-17-12-7-10(15)11(16)8-13(12)18-14/h7-9H,2-6H2,1H3. The van der Waals surface area contributed by atoms with E-state index in [0.29, 0.717) is 10.0 Å². The van der Waals surface area contributed by atoms with Crippen LogP contribution in [0.3, 0.4) is 0 Å². The molecule has 3 rings (SSSR count). The molecule has 2 heterocycles. The summed E-state index contributed by atoms with van der Waals surface area (Å²) in [5.41, 5.74) is 1.56. The molecule has 0 saturated carbocycles. The number of likely N-dealkylation sites (N-methyl/N-ethyl adjacent to an activating group) is 1. The molecule has 6 heteroatoms. The first-order valence-corrected chi connectivity index (χ1v) is 7.44. The molecule has 1 saturated heterocycles. The molecule has 1 aromatic carbocycles. The largest absolute Gasteiger partial charge is 0.354 e. The predicted octanol–water partition coefficient (Wildman–Crippen LogP) is 3.08. The van der Waals surface area contributed by atoms with E-state index in [1.165, 1.54) is 0 Å². The number of aromatic nitrogens is 2. The van der Waals surface area contributed by atoms with Crippen molar-refractivity contribution in [2.75, 3.05) is 38.1 Å². The Morgan fingerprint density at radius 1 is 1.00 bits per heavy atom. The van der Waals surface area contributed by atoms with Gasteiger partial charge in [-0.2, -0.15) is 0 Å². The Morgan fingerprint density at radius 2 is 1.75 bits per heavy atom. The van der Waals surface area contributed by atoms with Gasteiger partial charge in [-0.3, -0.25) is 4.98 Å². The first kappa shape index (κ1) is 13.9. The van der Waals surface area contributed by atoms with Gasteiger partial charge in [-0.05, 0) is 32.1 Å². The van der Waals surface area contributed by atoms with Gasteiger partial charge in [0, 0.05) is 19.6 Å². The number of benzene rings is 1. The number of nitrogens with zero attached hydrogens (tertiary/aromatic N) is 4. The van der Waals surface area contributed by atoms with E-state index in [1.54, 1.807) is 12.1 Å². The Bertz CT molecular complexity index is 632. The lowest BCUT2D eigenvalue weighted by molar-refractivity contribution is 0.360. The molecule has 1 fully saturated rings. The average Bonchev–Trinajstić information content (AvgIpc) is 2.64. The van der Waals surface area contributed by atoms with Crippen molar-refractivity contribution in [2.45, 2.75) is 6.42 Å². The van der Waals surface area contributed by atoms with Gasteiger partial charge in [-0.15, -0.1) is 0 Å². The molecule has 106 valence electrons. The van der Waals surface area contributed by atoms with Gasteiger partial charge < -0.3 is 9.80 Å². The lowest BCUT2D eigenvalue weighted by atomic mass is 10.3. The van der Waals surface area contributed by atoms with Gasteiger partial charge in [0.05, 0.1) is 27.3 Å². The maximum atomic E-state index is 6.05. The molecule has 0 amide bonds. The van der Waals surface area contributed by atoms with Gasteiger partial charge in [0.1, 0.15) is 5.82 Å². The number of rotatable bonds is 1. The van der Waals surface area contributed by atoms with Crippen LogP contribution in [0.15, 0.2) is 18.3 Å². The molecule has 0 atom stereocenters.